The number of hydrogen-bond donors (Lipinski definition) is 1. The molecule has 1 N–H and O–H groups in total. The summed E-state index contributed by atoms with van der Waals surface area (Å²) >= 11 is 0. The molecule has 2 aromatic carbocycles. The summed E-state index contributed by atoms with van der Waals surface area (Å²) in [5.41, 5.74) is 2.33. The molecule has 8 heteroatoms. The van der Waals surface area contributed by atoms with Crippen LogP contribution in [0.3, 0.4) is 0 Å². The van der Waals surface area contributed by atoms with Crippen LogP contribution in [0.2, 0.25) is 0 Å². The van der Waals surface area contributed by atoms with Gasteiger partial charge >= 0.3 is 0 Å². The van der Waals surface area contributed by atoms with Crippen LogP contribution < -0.4 is 10.1 Å². The highest BCUT2D eigenvalue weighted by molar-refractivity contribution is 6.00. The highest BCUT2D eigenvalue weighted by atomic mass is 16.5. The third kappa shape index (κ3) is 4.43. The summed E-state index contributed by atoms with van der Waals surface area (Å²) in [6.45, 7) is 1.94. The number of amides is 1. The fraction of sp³-hybridized carbons (Fsp3) is 0.160. The largest absolute Gasteiger partial charge is 0.494 e. The van der Waals surface area contributed by atoms with E-state index < -0.39 is 5.91 Å². The Balaban J connectivity index is 1.61. The number of anilines is 1. The van der Waals surface area contributed by atoms with E-state index >= 15 is 0 Å². The van der Waals surface area contributed by atoms with Crippen molar-refractivity contribution in [1.29, 1.82) is 5.26 Å². The Hall–Kier alpha value is -4.51. The Bertz CT molecular complexity index is 1390. The number of para-hydroxylation sites is 1. The van der Waals surface area contributed by atoms with E-state index in [1.165, 1.54) is 10.9 Å². The van der Waals surface area contributed by atoms with E-state index in [-0.39, 0.29) is 30.0 Å². The van der Waals surface area contributed by atoms with Crippen molar-refractivity contribution in [3.05, 3.63) is 77.5 Å². The molecule has 4 rings (SSSR count). The summed E-state index contributed by atoms with van der Waals surface area (Å²) in [5, 5.41) is 17.4. The van der Waals surface area contributed by atoms with Gasteiger partial charge in [0.1, 0.15) is 22.9 Å². The third-order valence-corrected chi connectivity index (χ3v) is 5.26. The second-order valence-corrected chi connectivity index (χ2v) is 7.42. The number of ether oxygens (including phenoxy) is 1. The number of carbonyl (C=O) groups is 2. The number of nitrogens with one attached hydrogen (secondary N) is 1. The molecule has 0 fully saturated rings. The van der Waals surface area contributed by atoms with Crippen LogP contribution in [0.1, 0.15) is 34.3 Å². The van der Waals surface area contributed by atoms with E-state index in [4.69, 9.17) is 4.74 Å². The zero-order valence-corrected chi connectivity index (χ0v) is 18.2. The van der Waals surface area contributed by atoms with Gasteiger partial charge in [-0.2, -0.15) is 15.0 Å². The van der Waals surface area contributed by atoms with Crippen LogP contribution in [0, 0.1) is 18.3 Å². The summed E-state index contributed by atoms with van der Waals surface area (Å²) in [4.78, 5) is 29.6. The van der Waals surface area contributed by atoms with Crippen LogP contribution in [-0.4, -0.2) is 33.6 Å². The van der Waals surface area contributed by atoms with E-state index in [9.17, 15) is 14.9 Å². The Morgan fingerprint density at radius 3 is 2.64 bits per heavy atom. The highest BCUT2D eigenvalue weighted by Gasteiger charge is 2.18. The summed E-state index contributed by atoms with van der Waals surface area (Å²) in [7, 11) is 1.57. The van der Waals surface area contributed by atoms with Gasteiger partial charge in [-0.05, 0) is 24.6 Å². The summed E-state index contributed by atoms with van der Waals surface area (Å²) in [6, 6.07) is 18.3. The average molecular weight is 439 g/mol. The quantitative estimate of drug-likeness (QED) is 0.432. The maximum absolute atomic E-state index is 12.6. The number of aromatic nitrogens is 3. The third-order valence-electron chi connectivity index (χ3n) is 5.26. The minimum absolute atomic E-state index is 0.0260. The smallest absolute Gasteiger partial charge is 0.226 e. The predicted octanol–water partition coefficient (Wildman–Crippen LogP) is 4.21. The molecule has 4 aromatic rings. The highest BCUT2D eigenvalue weighted by Crippen LogP contribution is 2.29. The molecule has 2 heterocycles. The first-order valence-corrected chi connectivity index (χ1v) is 10.3. The lowest BCUT2D eigenvalue weighted by atomic mass is 10.1. The second kappa shape index (κ2) is 9.32. The lowest BCUT2D eigenvalue weighted by Gasteiger charge is -2.12. The van der Waals surface area contributed by atoms with Crippen LogP contribution >= 0.6 is 0 Å². The van der Waals surface area contributed by atoms with Gasteiger partial charge in [0.25, 0.3) is 0 Å². The lowest BCUT2D eigenvalue weighted by molar-refractivity contribution is -0.116. The van der Waals surface area contributed by atoms with Gasteiger partial charge in [-0.1, -0.05) is 42.5 Å². The fourth-order valence-electron chi connectivity index (χ4n) is 3.56. The van der Waals surface area contributed by atoms with Gasteiger partial charge in [0.05, 0.1) is 13.3 Å². The van der Waals surface area contributed by atoms with Gasteiger partial charge in [-0.3, -0.25) is 9.59 Å². The molecule has 0 spiro atoms. The number of pyridine rings is 1. The monoisotopic (exact) mass is 439 g/mol. The maximum atomic E-state index is 12.6. The summed E-state index contributed by atoms with van der Waals surface area (Å²) in [5.74, 6) is 0.721. The molecule has 0 unspecified atom stereocenters. The molecule has 164 valence electrons. The number of nitrogens with zero attached hydrogens (tertiary/aromatic N) is 4. The molecule has 0 atom stereocenters. The van der Waals surface area contributed by atoms with Gasteiger partial charge in [0.15, 0.2) is 17.4 Å². The number of fused-ring (bicyclic) bond motifs is 1. The number of hydrogen-bond acceptors (Lipinski definition) is 6. The van der Waals surface area contributed by atoms with Crippen molar-refractivity contribution >= 4 is 28.4 Å². The molecule has 2 aromatic heterocycles. The number of aryl methyl sites for hydroxylation is 1. The first-order valence-electron chi connectivity index (χ1n) is 10.3. The topological polar surface area (TPSA) is 110 Å². The standard InChI is InChI=1S/C25H21N5O3/c1-16-13-22(28-24-19(16)9-6-10-21(24)33-2)30-25(18(14-26)15-27-30)29-23(32)12-11-20(31)17-7-4-3-5-8-17/h3-10,13,15H,11-12H2,1-2H3,(H,29,32). The van der Waals surface area contributed by atoms with Crippen LogP contribution in [0.15, 0.2) is 60.8 Å². The van der Waals surface area contributed by atoms with Crippen molar-refractivity contribution in [2.24, 2.45) is 0 Å². The molecule has 8 nitrogen and oxygen atoms in total. The molecule has 0 aliphatic rings. The second-order valence-electron chi connectivity index (χ2n) is 7.42. The van der Waals surface area contributed by atoms with Gasteiger partial charge in [0, 0.05) is 23.8 Å². The minimum Gasteiger partial charge on any atom is -0.494 e. The van der Waals surface area contributed by atoms with Crippen molar-refractivity contribution < 1.29 is 14.3 Å². The number of nitriles is 1. The zero-order chi connectivity index (χ0) is 23.4. The SMILES string of the molecule is COc1cccc2c(C)cc(-n3ncc(C#N)c3NC(=O)CCC(=O)c3ccccc3)nc12. The van der Waals surface area contributed by atoms with Crippen LogP contribution in [-0.2, 0) is 4.79 Å². The minimum atomic E-state index is -0.396. The number of methoxy groups -OCH3 is 1. The number of carbonyl (C=O) groups excluding carboxylic acids is 2. The molecule has 0 bridgehead atoms. The molecule has 0 aliphatic heterocycles. The van der Waals surface area contributed by atoms with Gasteiger partial charge in [-0.25, -0.2) is 4.98 Å². The first kappa shape index (κ1) is 21.7. The van der Waals surface area contributed by atoms with Crippen molar-refractivity contribution in [1.82, 2.24) is 14.8 Å². The summed E-state index contributed by atoms with van der Waals surface area (Å²) in [6.07, 6.45) is 1.40. The van der Waals surface area contributed by atoms with Crippen molar-refractivity contribution in [3.8, 4) is 17.6 Å². The molecule has 0 saturated heterocycles. The Morgan fingerprint density at radius 1 is 1.12 bits per heavy atom. The van der Waals surface area contributed by atoms with Gasteiger partial charge < -0.3 is 10.1 Å². The Kier molecular flexibility index (Phi) is 6.13. The van der Waals surface area contributed by atoms with Crippen LogP contribution in [0.4, 0.5) is 5.82 Å². The van der Waals surface area contributed by atoms with E-state index in [1.807, 2.05) is 43.3 Å². The first-order chi connectivity index (χ1) is 16.0. The number of benzene rings is 2. The van der Waals surface area contributed by atoms with Gasteiger partial charge in [0.2, 0.25) is 5.91 Å². The zero-order valence-electron chi connectivity index (χ0n) is 18.2. The molecule has 1 amide bonds. The normalized spacial score (nSPS) is 10.6. The van der Waals surface area contributed by atoms with E-state index in [0.717, 1.165) is 10.9 Å². The Labute approximate surface area is 190 Å². The van der Waals surface area contributed by atoms with Crippen LogP contribution in [0.5, 0.6) is 5.75 Å². The van der Waals surface area contributed by atoms with E-state index in [1.54, 1.807) is 31.4 Å². The molecule has 0 saturated carbocycles. The van der Waals surface area contributed by atoms with E-state index in [2.05, 4.69) is 15.4 Å². The number of Topliss-reactive ketones (excluding diaryl/α,β-unsaturated/α-hetero) is 1. The van der Waals surface area contributed by atoms with Gasteiger partial charge in [-0.15, -0.1) is 0 Å². The molecule has 0 radical (unpaired) electrons. The van der Waals surface area contributed by atoms with Crippen molar-refractivity contribution in [3.63, 3.8) is 0 Å². The molecular weight excluding hydrogens is 418 g/mol. The molecule has 0 aliphatic carbocycles. The average Bonchev–Trinajstić information content (AvgIpc) is 3.25. The Morgan fingerprint density at radius 2 is 1.91 bits per heavy atom. The predicted molar refractivity (Wildman–Crippen MR) is 124 cm³/mol. The van der Waals surface area contributed by atoms with Crippen LogP contribution in [0.25, 0.3) is 16.7 Å². The molecular formula is C25H21N5O3. The fourth-order valence-corrected chi connectivity index (χ4v) is 3.56. The molecule has 33 heavy (non-hydrogen) atoms. The maximum Gasteiger partial charge on any atom is 0.226 e. The number of rotatable bonds is 7. The summed E-state index contributed by atoms with van der Waals surface area (Å²) < 4.78 is 6.85. The van der Waals surface area contributed by atoms with Crippen molar-refractivity contribution in [2.75, 3.05) is 12.4 Å². The van der Waals surface area contributed by atoms with Crippen molar-refractivity contribution in [2.45, 2.75) is 19.8 Å². The van der Waals surface area contributed by atoms with E-state index in [0.29, 0.717) is 22.6 Å². The number of ketones is 1. The lowest BCUT2D eigenvalue weighted by Crippen LogP contribution is -2.17.